The van der Waals surface area contributed by atoms with E-state index >= 15 is 0 Å². The molecule has 1 aromatic carbocycles. The van der Waals surface area contributed by atoms with E-state index in [0.29, 0.717) is 20.6 Å². The first-order valence-corrected chi connectivity index (χ1v) is 3.43. The highest BCUT2D eigenvalue weighted by atomic mass is 16.6. The number of nitrogens with one attached hydrogen (secondary N) is 1. The first kappa shape index (κ1) is 6.93. The quantitative estimate of drug-likeness (QED) is 0.364. The molecule has 0 unspecified atom stereocenters. The van der Waals surface area contributed by atoms with Gasteiger partial charge in [0.05, 0.1) is 11.4 Å². The van der Waals surface area contributed by atoms with Crippen LogP contribution >= 0.6 is 0 Å². The normalized spacial score (nSPS) is 14.8. The van der Waals surface area contributed by atoms with Gasteiger partial charge in [-0.25, -0.2) is 0 Å². The Morgan fingerprint density at radius 3 is 3.00 bits per heavy atom. The molecule has 1 aliphatic heterocycles. The minimum absolute atomic E-state index is 0.489. The third-order valence-electron chi connectivity index (χ3n) is 1.61. The number of hydroxylamine groups is 1. The third-order valence-corrected chi connectivity index (χ3v) is 1.61. The van der Waals surface area contributed by atoms with Gasteiger partial charge in [0, 0.05) is 6.07 Å². The van der Waals surface area contributed by atoms with Gasteiger partial charge in [0.15, 0.2) is 0 Å². The molecule has 2 N–H and O–H groups in total. The molecule has 1 aliphatic rings. The van der Waals surface area contributed by atoms with Gasteiger partial charge in [-0.3, -0.25) is 5.21 Å². The fourth-order valence-electron chi connectivity index (χ4n) is 1.09. The van der Waals surface area contributed by atoms with Crippen LogP contribution in [0.5, 0.6) is 0 Å². The van der Waals surface area contributed by atoms with E-state index in [2.05, 4.69) is 5.53 Å². The number of hydrogen-bond donors (Lipinski definition) is 2. The predicted octanol–water partition coefficient (Wildman–Crippen LogP) is -1.46. The zero-order valence-corrected chi connectivity index (χ0v) is 6.14. The fraction of sp³-hybridized carbons (Fsp3) is 0. The molecule has 0 saturated carbocycles. The van der Waals surface area contributed by atoms with Crippen molar-refractivity contribution in [2.24, 2.45) is 0 Å². The molecule has 0 amide bonds. The topological polar surface area (TPSA) is 61.6 Å². The first-order chi connectivity index (χ1) is 5.77. The Bertz CT molecular complexity index is 415. The Kier molecular flexibility index (Phi) is 1.38. The molecular weight excluding hydrogens is 158 g/mol. The van der Waals surface area contributed by atoms with Crippen molar-refractivity contribution in [3.63, 3.8) is 0 Å². The lowest BCUT2D eigenvalue weighted by atomic mass is 10.3. The van der Waals surface area contributed by atoms with Gasteiger partial charge in [-0.05, 0) is 6.07 Å². The summed E-state index contributed by atoms with van der Waals surface area (Å²) < 4.78 is 0. The zero-order chi connectivity index (χ0) is 8.55. The fourth-order valence-corrected chi connectivity index (χ4v) is 1.09. The second-order valence-corrected chi connectivity index (χ2v) is 2.43. The Labute approximate surface area is 68.0 Å². The molecule has 0 radical (unpaired) electrons. The molecule has 12 heavy (non-hydrogen) atoms. The van der Waals surface area contributed by atoms with Crippen LogP contribution in [0.15, 0.2) is 24.3 Å². The number of rotatable bonds is 0. The molecule has 0 bridgehead atoms. The van der Waals surface area contributed by atoms with Crippen molar-refractivity contribution in [3.05, 3.63) is 40.0 Å². The summed E-state index contributed by atoms with van der Waals surface area (Å²) in [6.45, 7) is 0. The van der Waals surface area contributed by atoms with Crippen LogP contribution in [-0.2, 0) is 0 Å². The lowest BCUT2D eigenvalue weighted by Gasteiger charge is -2.14. The monoisotopic (exact) mass is 165 g/mol. The van der Waals surface area contributed by atoms with Gasteiger partial charge < -0.3 is 5.21 Å². The molecular formula is C7H7N3O2. The van der Waals surface area contributed by atoms with E-state index in [9.17, 15) is 5.21 Å². The predicted molar refractivity (Wildman–Crippen MR) is 41.5 cm³/mol. The summed E-state index contributed by atoms with van der Waals surface area (Å²) in [5.74, 6) is 0. The van der Waals surface area contributed by atoms with E-state index < -0.39 is 0 Å². The summed E-state index contributed by atoms with van der Waals surface area (Å²) in [6.07, 6.45) is 1.42. The largest absolute Gasteiger partial charge is 0.594 e. The highest BCUT2D eigenvalue weighted by Gasteiger charge is 2.06. The maximum atomic E-state index is 11.1. The number of para-hydroxylation sites is 1. The number of nitrogens with zero attached hydrogens (tertiary/aromatic N) is 2. The Morgan fingerprint density at radius 2 is 2.17 bits per heavy atom. The lowest BCUT2D eigenvalue weighted by molar-refractivity contribution is -0.0895. The van der Waals surface area contributed by atoms with Crippen molar-refractivity contribution in [1.82, 2.24) is 15.6 Å². The number of hydrogen-bond acceptors (Lipinski definition) is 4. The summed E-state index contributed by atoms with van der Waals surface area (Å²) in [7, 11) is 0. The number of benzene rings is 1. The average molecular weight is 165 g/mol. The second kappa shape index (κ2) is 2.38. The second-order valence-electron chi connectivity index (χ2n) is 2.43. The third kappa shape index (κ3) is 0.960. The van der Waals surface area contributed by atoms with Crippen molar-refractivity contribution >= 4 is 6.20 Å². The summed E-state index contributed by atoms with van der Waals surface area (Å²) >= 11 is 0. The van der Waals surface area contributed by atoms with Crippen molar-refractivity contribution in [1.29, 1.82) is 0 Å². The van der Waals surface area contributed by atoms with Crippen LogP contribution in [0.3, 0.4) is 0 Å². The SMILES string of the molecule is [O-][N+]1=c2ccccc2=CN(O)N1. The molecule has 5 heteroatoms. The van der Waals surface area contributed by atoms with Crippen molar-refractivity contribution in [2.45, 2.75) is 0 Å². The Balaban J connectivity index is 2.81. The molecule has 0 aliphatic carbocycles. The minimum Gasteiger partial charge on any atom is -0.594 e. The van der Waals surface area contributed by atoms with Crippen LogP contribution in [0.4, 0.5) is 0 Å². The van der Waals surface area contributed by atoms with Crippen LogP contribution in [0.25, 0.3) is 6.20 Å². The summed E-state index contributed by atoms with van der Waals surface area (Å²) in [5.41, 5.74) is 2.15. The highest BCUT2D eigenvalue weighted by Crippen LogP contribution is 1.79. The van der Waals surface area contributed by atoms with E-state index in [1.165, 1.54) is 6.20 Å². The van der Waals surface area contributed by atoms with Crippen molar-refractivity contribution in [3.8, 4) is 0 Å². The van der Waals surface area contributed by atoms with Crippen LogP contribution in [0.1, 0.15) is 0 Å². The first-order valence-electron chi connectivity index (χ1n) is 3.43. The Hall–Kier alpha value is -1.75. The van der Waals surface area contributed by atoms with Gasteiger partial charge in [0.25, 0.3) is 5.36 Å². The minimum atomic E-state index is 0.489. The standard InChI is InChI=1S/C7H7N3O2/c11-9-5-6-3-1-2-4-7(6)10(12)8-9/h1-5,8,11H. The lowest BCUT2D eigenvalue weighted by Crippen LogP contribution is -2.54. The summed E-state index contributed by atoms with van der Waals surface area (Å²) in [4.78, 5) is 0.495. The van der Waals surface area contributed by atoms with Crippen LogP contribution < -0.4 is 21.0 Å². The van der Waals surface area contributed by atoms with Gasteiger partial charge >= 0.3 is 0 Å². The van der Waals surface area contributed by atoms with E-state index in [0.717, 1.165) is 0 Å². The molecule has 0 saturated heterocycles. The van der Waals surface area contributed by atoms with Crippen LogP contribution in [-0.4, -0.2) is 10.4 Å². The molecule has 0 aromatic heterocycles. The van der Waals surface area contributed by atoms with Gasteiger partial charge in [0.2, 0.25) is 0 Å². The van der Waals surface area contributed by atoms with Gasteiger partial charge in [-0.15, -0.1) is 5.17 Å². The molecule has 0 spiro atoms. The van der Waals surface area contributed by atoms with E-state index in [-0.39, 0.29) is 0 Å². The van der Waals surface area contributed by atoms with Crippen molar-refractivity contribution < 1.29 is 5.21 Å². The molecule has 5 nitrogen and oxygen atoms in total. The maximum absolute atomic E-state index is 11.1. The van der Waals surface area contributed by atoms with E-state index in [4.69, 9.17) is 5.21 Å². The van der Waals surface area contributed by atoms with Gasteiger partial charge in [-0.1, -0.05) is 22.5 Å². The molecule has 62 valence electrons. The molecule has 0 fully saturated rings. The highest BCUT2D eigenvalue weighted by molar-refractivity contribution is 5.21. The van der Waals surface area contributed by atoms with E-state index in [1.807, 2.05) is 0 Å². The van der Waals surface area contributed by atoms with Gasteiger partial charge in [0.1, 0.15) is 0 Å². The molecule has 2 rings (SSSR count). The maximum Gasteiger partial charge on any atom is 0.252 e. The summed E-state index contributed by atoms with van der Waals surface area (Å²) in [5, 5.41) is 21.8. The average Bonchev–Trinajstić information content (AvgIpc) is 2.04. The smallest absolute Gasteiger partial charge is 0.252 e. The van der Waals surface area contributed by atoms with Crippen molar-refractivity contribution in [2.75, 3.05) is 0 Å². The molecule has 1 heterocycles. The molecule has 1 aromatic rings. The summed E-state index contributed by atoms with van der Waals surface area (Å²) in [6, 6.07) is 6.96. The zero-order valence-electron chi connectivity index (χ0n) is 6.14. The Morgan fingerprint density at radius 1 is 1.42 bits per heavy atom. The van der Waals surface area contributed by atoms with Crippen LogP contribution in [0, 0.1) is 5.21 Å². The number of hydrazine groups is 2. The van der Waals surface area contributed by atoms with Crippen LogP contribution in [0.2, 0.25) is 0 Å². The molecule has 0 atom stereocenters. The number of fused-ring (bicyclic) bond motifs is 1. The van der Waals surface area contributed by atoms with Gasteiger partial charge in [-0.2, -0.15) is 0 Å². The van der Waals surface area contributed by atoms with E-state index in [1.54, 1.807) is 24.3 Å².